The highest BCUT2D eigenvalue weighted by atomic mass is 16.5. The average molecular weight is 208 g/mol. The minimum atomic E-state index is 0.270. The Labute approximate surface area is 89.5 Å². The molecular formula is C10H16N4O. The molecule has 1 aliphatic heterocycles. The molecule has 0 aromatic carbocycles. The molecule has 0 bridgehead atoms. The van der Waals surface area contributed by atoms with E-state index in [1.807, 2.05) is 13.1 Å². The van der Waals surface area contributed by atoms with Gasteiger partial charge in [0.05, 0.1) is 12.7 Å². The fourth-order valence-corrected chi connectivity index (χ4v) is 1.68. The van der Waals surface area contributed by atoms with Crippen molar-refractivity contribution in [2.45, 2.75) is 13.0 Å². The molecule has 15 heavy (non-hydrogen) atoms. The van der Waals surface area contributed by atoms with Crippen molar-refractivity contribution in [3.63, 3.8) is 0 Å². The molecule has 5 nitrogen and oxygen atoms in total. The van der Waals surface area contributed by atoms with Gasteiger partial charge in [-0.2, -0.15) is 0 Å². The van der Waals surface area contributed by atoms with E-state index in [1.54, 1.807) is 6.33 Å². The van der Waals surface area contributed by atoms with Gasteiger partial charge in [0, 0.05) is 26.2 Å². The Morgan fingerprint density at radius 2 is 2.40 bits per heavy atom. The van der Waals surface area contributed by atoms with Crippen LogP contribution in [0.3, 0.4) is 0 Å². The van der Waals surface area contributed by atoms with Gasteiger partial charge < -0.3 is 15.0 Å². The summed E-state index contributed by atoms with van der Waals surface area (Å²) < 4.78 is 5.49. The number of anilines is 2. The molecule has 1 unspecified atom stereocenters. The van der Waals surface area contributed by atoms with Gasteiger partial charge in [0.1, 0.15) is 18.0 Å². The maximum absolute atomic E-state index is 5.49. The molecule has 1 N–H and O–H groups in total. The van der Waals surface area contributed by atoms with Crippen molar-refractivity contribution in [1.82, 2.24) is 9.97 Å². The van der Waals surface area contributed by atoms with Crippen molar-refractivity contribution in [3.8, 4) is 0 Å². The van der Waals surface area contributed by atoms with E-state index in [0.717, 1.165) is 31.3 Å². The third-order valence-electron chi connectivity index (χ3n) is 2.47. The third kappa shape index (κ3) is 2.36. The maximum atomic E-state index is 5.49. The van der Waals surface area contributed by atoms with Gasteiger partial charge in [0.25, 0.3) is 0 Å². The van der Waals surface area contributed by atoms with E-state index in [-0.39, 0.29) is 6.10 Å². The van der Waals surface area contributed by atoms with Crippen LogP contribution in [-0.4, -0.2) is 42.8 Å². The summed E-state index contributed by atoms with van der Waals surface area (Å²) >= 11 is 0. The van der Waals surface area contributed by atoms with Gasteiger partial charge in [0.15, 0.2) is 0 Å². The predicted molar refractivity (Wildman–Crippen MR) is 59.2 cm³/mol. The standard InChI is InChI=1S/C10H16N4O/c1-8-6-14(3-4-15-8)10-5-9(11-2)12-7-13-10/h5,7-8H,3-4,6H2,1-2H3,(H,11,12,13). The number of nitrogens with zero attached hydrogens (tertiary/aromatic N) is 3. The van der Waals surface area contributed by atoms with E-state index in [0.29, 0.717) is 0 Å². The van der Waals surface area contributed by atoms with Crippen LogP contribution in [-0.2, 0) is 4.74 Å². The predicted octanol–water partition coefficient (Wildman–Crippen LogP) is 0.743. The van der Waals surface area contributed by atoms with Crippen LogP contribution in [0.2, 0.25) is 0 Å². The summed E-state index contributed by atoms with van der Waals surface area (Å²) in [7, 11) is 1.86. The Hall–Kier alpha value is -1.36. The lowest BCUT2D eigenvalue weighted by atomic mass is 10.3. The first kappa shape index (κ1) is 10.2. The molecule has 0 aliphatic carbocycles. The summed E-state index contributed by atoms with van der Waals surface area (Å²) in [5.41, 5.74) is 0. The van der Waals surface area contributed by atoms with Crippen molar-refractivity contribution in [2.75, 3.05) is 37.0 Å². The largest absolute Gasteiger partial charge is 0.375 e. The average Bonchev–Trinajstić information content (AvgIpc) is 2.29. The van der Waals surface area contributed by atoms with Crippen molar-refractivity contribution in [1.29, 1.82) is 0 Å². The Morgan fingerprint density at radius 1 is 1.53 bits per heavy atom. The molecule has 1 aromatic rings. The second-order valence-electron chi connectivity index (χ2n) is 3.64. The van der Waals surface area contributed by atoms with Gasteiger partial charge in [-0.3, -0.25) is 0 Å². The van der Waals surface area contributed by atoms with Gasteiger partial charge in [-0.1, -0.05) is 0 Å². The van der Waals surface area contributed by atoms with Crippen LogP contribution in [0.4, 0.5) is 11.6 Å². The van der Waals surface area contributed by atoms with E-state index in [1.165, 1.54) is 0 Å². The zero-order valence-electron chi connectivity index (χ0n) is 9.10. The first-order chi connectivity index (χ1) is 7.29. The van der Waals surface area contributed by atoms with Crippen molar-refractivity contribution >= 4 is 11.6 Å². The Kier molecular flexibility index (Phi) is 3.01. The van der Waals surface area contributed by atoms with Gasteiger partial charge in [-0.05, 0) is 6.92 Å². The fraction of sp³-hybridized carbons (Fsp3) is 0.600. The topological polar surface area (TPSA) is 50.3 Å². The van der Waals surface area contributed by atoms with E-state index < -0.39 is 0 Å². The number of nitrogens with one attached hydrogen (secondary N) is 1. The third-order valence-corrected chi connectivity index (χ3v) is 2.47. The Morgan fingerprint density at radius 3 is 3.13 bits per heavy atom. The lowest BCUT2D eigenvalue weighted by molar-refractivity contribution is 0.0529. The molecule has 82 valence electrons. The molecule has 0 radical (unpaired) electrons. The van der Waals surface area contributed by atoms with Crippen molar-refractivity contribution in [3.05, 3.63) is 12.4 Å². The van der Waals surface area contributed by atoms with Gasteiger partial charge in [0.2, 0.25) is 0 Å². The first-order valence-electron chi connectivity index (χ1n) is 5.16. The molecule has 0 saturated carbocycles. The quantitative estimate of drug-likeness (QED) is 0.777. The second kappa shape index (κ2) is 4.44. The van der Waals surface area contributed by atoms with Gasteiger partial charge >= 0.3 is 0 Å². The monoisotopic (exact) mass is 208 g/mol. The molecule has 0 amide bonds. The summed E-state index contributed by atoms with van der Waals surface area (Å²) in [5, 5.41) is 3.01. The number of rotatable bonds is 2. The number of morpholine rings is 1. The zero-order valence-corrected chi connectivity index (χ0v) is 9.10. The molecule has 1 aliphatic rings. The minimum Gasteiger partial charge on any atom is -0.375 e. The summed E-state index contributed by atoms with van der Waals surface area (Å²) in [5.74, 6) is 1.81. The smallest absolute Gasteiger partial charge is 0.134 e. The Balaban J connectivity index is 2.13. The molecule has 5 heteroatoms. The summed E-state index contributed by atoms with van der Waals surface area (Å²) in [6.07, 6.45) is 1.85. The summed E-state index contributed by atoms with van der Waals surface area (Å²) in [6, 6.07) is 1.96. The highest BCUT2D eigenvalue weighted by Gasteiger charge is 2.17. The zero-order chi connectivity index (χ0) is 10.7. The Bertz CT molecular complexity index is 331. The lowest BCUT2D eigenvalue weighted by Gasteiger charge is -2.31. The molecule has 1 atom stereocenters. The van der Waals surface area contributed by atoms with Crippen LogP contribution in [0.25, 0.3) is 0 Å². The molecule has 2 rings (SSSR count). The molecule has 0 spiro atoms. The lowest BCUT2D eigenvalue weighted by Crippen LogP contribution is -2.41. The van der Waals surface area contributed by atoms with Crippen LogP contribution in [0.1, 0.15) is 6.92 Å². The normalized spacial score (nSPS) is 21.5. The highest BCUT2D eigenvalue weighted by molar-refractivity contribution is 5.48. The molecular weight excluding hydrogens is 192 g/mol. The SMILES string of the molecule is CNc1cc(N2CCOC(C)C2)ncn1. The molecule has 1 fully saturated rings. The summed E-state index contributed by atoms with van der Waals surface area (Å²) in [6.45, 7) is 4.62. The second-order valence-corrected chi connectivity index (χ2v) is 3.64. The molecule has 2 heterocycles. The molecule has 1 aromatic heterocycles. The fourth-order valence-electron chi connectivity index (χ4n) is 1.68. The van der Waals surface area contributed by atoms with E-state index in [9.17, 15) is 0 Å². The number of aromatic nitrogens is 2. The minimum absolute atomic E-state index is 0.270. The number of hydrogen-bond acceptors (Lipinski definition) is 5. The van der Waals surface area contributed by atoms with Gasteiger partial charge in [-0.15, -0.1) is 0 Å². The van der Waals surface area contributed by atoms with E-state index in [4.69, 9.17) is 4.74 Å². The van der Waals surface area contributed by atoms with Crippen molar-refractivity contribution in [2.24, 2.45) is 0 Å². The molecule has 1 saturated heterocycles. The van der Waals surface area contributed by atoms with Crippen molar-refractivity contribution < 1.29 is 4.74 Å². The van der Waals surface area contributed by atoms with E-state index in [2.05, 4.69) is 27.1 Å². The van der Waals surface area contributed by atoms with Gasteiger partial charge in [-0.25, -0.2) is 9.97 Å². The summed E-state index contributed by atoms with van der Waals surface area (Å²) in [4.78, 5) is 10.6. The van der Waals surface area contributed by atoms with Crippen LogP contribution < -0.4 is 10.2 Å². The maximum Gasteiger partial charge on any atom is 0.134 e. The van der Waals surface area contributed by atoms with E-state index >= 15 is 0 Å². The van der Waals surface area contributed by atoms with Crippen LogP contribution >= 0.6 is 0 Å². The first-order valence-corrected chi connectivity index (χ1v) is 5.16. The van der Waals surface area contributed by atoms with Crippen LogP contribution in [0.5, 0.6) is 0 Å². The van der Waals surface area contributed by atoms with Crippen LogP contribution in [0, 0.1) is 0 Å². The number of hydrogen-bond donors (Lipinski definition) is 1. The number of ether oxygens (including phenoxy) is 1. The highest BCUT2D eigenvalue weighted by Crippen LogP contribution is 2.16. The van der Waals surface area contributed by atoms with Crippen LogP contribution in [0.15, 0.2) is 12.4 Å².